The molecule has 0 aliphatic carbocycles. The lowest BCUT2D eigenvalue weighted by Crippen LogP contribution is -2.24. The highest BCUT2D eigenvalue weighted by Crippen LogP contribution is 2.29. The Morgan fingerprint density at radius 3 is 2.78 bits per heavy atom. The Morgan fingerprint density at radius 2 is 2.30 bits per heavy atom. The Labute approximate surface area is 161 Å². The van der Waals surface area contributed by atoms with E-state index in [9.17, 15) is 9.59 Å². The fourth-order valence-corrected chi connectivity index (χ4v) is 3.48. The van der Waals surface area contributed by atoms with Crippen LogP contribution in [0.5, 0.6) is 0 Å². The van der Waals surface area contributed by atoms with Crippen molar-refractivity contribution in [1.29, 1.82) is 0 Å². The second-order valence-corrected chi connectivity index (χ2v) is 6.96. The van der Waals surface area contributed by atoms with Crippen LogP contribution in [0.3, 0.4) is 0 Å². The van der Waals surface area contributed by atoms with Crippen LogP contribution in [0.4, 0.5) is 0 Å². The summed E-state index contributed by atoms with van der Waals surface area (Å²) in [4.78, 5) is 28.4. The van der Waals surface area contributed by atoms with Crippen LogP contribution in [-0.2, 0) is 16.1 Å². The lowest BCUT2D eigenvalue weighted by molar-refractivity contribution is -0.133. The highest BCUT2D eigenvalue weighted by atomic mass is 32.1. The smallest absolute Gasteiger partial charge is 0.268 e. The van der Waals surface area contributed by atoms with E-state index in [-0.39, 0.29) is 11.6 Å². The van der Waals surface area contributed by atoms with Gasteiger partial charge in [0.25, 0.3) is 11.8 Å². The normalized spacial score (nSPS) is 15.9. The van der Waals surface area contributed by atoms with Crippen molar-refractivity contribution in [2.45, 2.75) is 19.1 Å². The molecule has 2 amide bonds. The Kier molecular flexibility index (Phi) is 7.07. The molecule has 7 nitrogen and oxygen atoms in total. The summed E-state index contributed by atoms with van der Waals surface area (Å²) in [5.41, 5.74) is 7.20. The maximum Gasteiger partial charge on any atom is 0.268 e. The highest BCUT2D eigenvalue weighted by Gasteiger charge is 2.26. The number of nitrogens with two attached hydrogens (primary N) is 1. The van der Waals surface area contributed by atoms with Gasteiger partial charge in [0.05, 0.1) is 11.5 Å². The summed E-state index contributed by atoms with van der Waals surface area (Å²) in [6.45, 7) is 1.00. The van der Waals surface area contributed by atoms with Gasteiger partial charge in [0, 0.05) is 31.8 Å². The molecule has 1 aromatic carbocycles. The molecule has 27 heavy (non-hydrogen) atoms. The number of carbonyl (C=O) groups excluding carboxylic acids is 2. The molecule has 1 atom stereocenters. The maximum atomic E-state index is 11.3. The number of ether oxygens (including phenoxy) is 1. The second kappa shape index (κ2) is 9.28. The molecule has 1 saturated heterocycles. The van der Waals surface area contributed by atoms with E-state index in [2.05, 4.69) is 10.9 Å². The Bertz CT molecular complexity index is 860. The fraction of sp³-hybridized carbons (Fsp3) is 0.316. The zero-order chi connectivity index (χ0) is 20.0. The molecule has 1 fully saturated rings. The minimum atomic E-state index is -0.722. The van der Waals surface area contributed by atoms with Crippen molar-refractivity contribution >= 4 is 23.2 Å². The number of benzene rings is 1. The van der Waals surface area contributed by atoms with E-state index in [0.717, 1.165) is 16.0 Å². The number of nitrogens with zero attached hydrogens (tertiary/aromatic N) is 2. The number of aliphatic hydroxyl groups excluding tert-OH is 1. The second-order valence-electron chi connectivity index (χ2n) is 5.88. The number of terminal acetylenes is 1. The largest absolute Gasteiger partial charge is 0.383 e. The number of carbonyl (C=O) groups is 2. The first kappa shape index (κ1) is 20.6. The van der Waals surface area contributed by atoms with E-state index < -0.39 is 12.0 Å². The number of likely N-dealkylation sites (tertiary alicyclic amines) is 1. The molecule has 3 rings (SSSR count). The number of thiazole rings is 1. The Morgan fingerprint density at radius 1 is 1.56 bits per heavy atom. The van der Waals surface area contributed by atoms with Crippen LogP contribution in [0, 0.1) is 12.3 Å². The molecule has 0 bridgehead atoms. The van der Waals surface area contributed by atoms with Crippen molar-refractivity contribution in [3.05, 3.63) is 40.4 Å². The summed E-state index contributed by atoms with van der Waals surface area (Å²) >= 11 is 1.38. The molecule has 0 saturated carbocycles. The maximum absolute atomic E-state index is 11.3. The van der Waals surface area contributed by atoms with Gasteiger partial charge in [-0.1, -0.05) is 18.1 Å². The van der Waals surface area contributed by atoms with Gasteiger partial charge < -0.3 is 20.5 Å². The predicted octanol–water partition coefficient (Wildman–Crippen LogP) is 1.25. The first-order valence-electron chi connectivity index (χ1n) is 8.16. The monoisotopic (exact) mass is 387 g/mol. The molecule has 1 unspecified atom stereocenters. The van der Waals surface area contributed by atoms with Crippen molar-refractivity contribution in [1.82, 2.24) is 9.88 Å². The molecule has 2 heterocycles. The molecule has 8 heteroatoms. The SMILES string of the molecule is C#Cc1cccc(-c2nc(C(N)=O)c(COC)s2)c1.CN1CCC(O)C1=O. The lowest BCUT2D eigenvalue weighted by Gasteiger charge is -2.04. The third-order valence-corrected chi connectivity index (χ3v) is 4.96. The average molecular weight is 387 g/mol. The van der Waals surface area contributed by atoms with Gasteiger partial charge in [-0.25, -0.2) is 4.98 Å². The molecule has 142 valence electrons. The van der Waals surface area contributed by atoms with Gasteiger partial charge in [0.15, 0.2) is 0 Å². The van der Waals surface area contributed by atoms with Gasteiger partial charge in [-0.3, -0.25) is 9.59 Å². The van der Waals surface area contributed by atoms with Gasteiger partial charge >= 0.3 is 0 Å². The van der Waals surface area contributed by atoms with Gasteiger partial charge in [-0.15, -0.1) is 17.8 Å². The minimum Gasteiger partial charge on any atom is -0.383 e. The van der Waals surface area contributed by atoms with E-state index in [1.807, 2.05) is 24.3 Å². The minimum absolute atomic E-state index is 0.148. The first-order valence-corrected chi connectivity index (χ1v) is 8.97. The van der Waals surface area contributed by atoms with Gasteiger partial charge in [-0.2, -0.15) is 0 Å². The zero-order valence-electron chi connectivity index (χ0n) is 15.1. The van der Waals surface area contributed by atoms with E-state index in [4.69, 9.17) is 22.0 Å². The van der Waals surface area contributed by atoms with Crippen LogP contribution in [0.2, 0.25) is 0 Å². The Hall–Kier alpha value is -2.73. The summed E-state index contributed by atoms with van der Waals surface area (Å²) < 4.78 is 5.04. The predicted molar refractivity (Wildman–Crippen MR) is 103 cm³/mol. The molecule has 0 radical (unpaired) electrons. The van der Waals surface area contributed by atoms with Crippen LogP contribution >= 0.6 is 11.3 Å². The molecular weight excluding hydrogens is 366 g/mol. The van der Waals surface area contributed by atoms with E-state index in [0.29, 0.717) is 24.6 Å². The van der Waals surface area contributed by atoms with Crippen LogP contribution in [-0.4, -0.2) is 53.6 Å². The van der Waals surface area contributed by atoms with Crippen LogP contribution in [0.15, 0.2) is 24.3 Å². The number of aliphatic hydroxyl groups is 1. The Balaban J connectivity index is 0.000000273. The standard InChI is InChI=1S/C14H12N2O2S.C5H9NO2/c1-3-9-5-4-6-10(7-9)14-16-12(13(15)17)11(19-14)8-18-2;1-6-3-2-4(7)5(6)8/h1,4-7H,8H2,2H3,(H2,15,17);4,7H,2-3H2,1H3. The van der Waals surface area contributed by atoms with Crippen molar-refractivity contribution < 1.29 is 19.4 Å². The van der Waals surface area contributed by atoms with E-state index in [1.165, 1.54) is 16.2 Å². The summed E-state index contributed by atoms with van der Waals surface area (Å²) in [5.74, 6) is 1.87. The van der Waals surface area contributed by atoms with Crippen molar-refractivity contribution in [2.75, 3.05) is 20.7 Å². The molecule has 2 aromatic rings. The van der Waals surface area contributed by atoms with Crippen molar-refractivity contribution in [3.63, 3.8) is 0 Å². The number of amides is 2. The third-order valence-electron chi connectivity index (χ3n) is 3.88. The fourth-order valence-electron chi connectivity index (χ4n) is 2.44. The number of hydrogen-bond donors (Lipinski definition) is 2. The molecule has 3 N–H and O–H groups in total. The molecule has 1 aliphatic heterocycles. The number of methoxy groups -OCH3 is 1. The number of hydrogen-bond acceptors (Lipinski definition) is 6. The topological polar surface area (TPSA) is 106 Å². The van der Waals surface area contributed by atoms with Crippen LogP contribution < -0.4 is 5.73 Å². The quantitative estimate of drug-likeness (QED) is 0.768. The van der Waals surface area contributed by atoms with Gasteiger partial charge in [0.1, 0.15) is 16.8 Å². The van der Waals surface area contributed by atoms with E-state index >= 15 is 0 Å². The zero-order valence-corrected chi connectivity index (χ0v) is 16.0. The average Bonchev–Trinajstić information content (AvgIpc) is 3.22. The number of rotatable bonds is 4. The summed E-state index contributed by atoms with van der Waals surface area (Å²) in [6.07, 6.45) is 5.24. The van der Waals surface area contributed by atoms with Gasteiger partial charge in [0.2, 0.25) is 0 Å². The van der Waals surface area contributed by atoms with Crippen molar-refractivity contribution in [2.24, 2.45) is 5.73 Å². The third kappa shape index (κ3) is 5.14. The summed E-state index contributed by atoms with van der Waals surface area (Å²) in [5, 5.41) is 9.48. The molecule has 1 aliphatic rings. The summed E-state index contributed by atoms with van der Waals surface area (Å²) in [7, 11) is 3.25. The first-order chi connectivity index (χ1) is 12.9. The van der Waals surface area contributed by atoms with E-state index in [1.54, 1.807) is 14.2 Å². The van der Waals surface area contributed by atoms with Crippen LogP contribution in [0.25, 0.3) is 10.6 Å². The molecule has 1 aromatic heterocycles. The lowest BCUT2D eigenvalue weighted by atomic mass is 10.1. The van der Waals surface area contributed by atoms with Crippen LogP contribution in [0.1, 0.15) is 27.3 Å². The van der Waals surface area contributed by atoms with Gasteiger partial charge in [-0.05, 0) is 18.6 Å². The molecular formula is C19H21N3O4S. The molecule has 0 spiro atoms. The number of likely N-dealkylation sites (N-methyl/N-ethyl adjacent to an activating group) is 1. The highest BCUT2D eigenvalue weighted by molar-refractivity contribution is 7.15. The number of aromatic nitrogens is 1. The summed E-state index contributed by atoms with van der Waals surface area (Å²) in [6, 6.07) is 7.43. The number of primary amides is 1. The van der Waals surface area contributed by atoms with Crippen molar-refractivity contribution in [3.8, 4) is 22.9 Å².